The summed E-state index contributed by atoms with van der Waals surface area (Å²) in [5.74, 6) is -1.18. The van der Waals surface area contributed by atoms with Crippen molar-refractivity contribution in [3.05, 3.63) is 24.2 Å². The van der Waals surface area contributed by atoms with E-state index >= 15 is 0 Å². The van der Waals surface area contributed by atoms with E-state index in [0.29, 0.717) is 11.0 Å². The lowest BCUT2D eigenvalue weighted by molar-refractivity contribution is 0.0697. The predicted octanol–water partition coefficient (Wildman–Crippen LogP) is 2.17. The first-order valence-electron chi connectivity index (χ1n) is 8.09. The van der Waals surface area contributed by atoms with Gasteiger partial charge < -0.3 is 10.2 Å². The van der Waals surface area contributed by atoms with Crippen molar-refractivity contribution in [1.82, 2.24) is 29.5 Å². The van der Waals surface area contributed by atoms with E-state index in [1.54, 1.807) is 6.20 Å². The van der Waals surface area contributed by atoms with Crippen LogP contribution >= 0.6 is 0 Å². The molecule has 4 rings (SSSR count). The molecule has 25 heavy (non-hydrogen) atoms. The summed E-state index contributed by atoms with van der Waals surface area (Å²) in [6, 6.07) is 0.175. The summed E-state index contributed by atoms with van der Waals surface area (Å²) in [6.07, 6.45) is 7.31. The SMILES string of the molecule is CC1(C)CCCC1n1ncc2nc(-n3cc(C(=O)O)cn3)nc(O)c21. The Kier molecular flexibility index (Phi) is 3.28. The van der Waals surface area contributed by atoms with Gasteiger partial charge in [0, 0.05) is 6.20 Å². The Hall–Kier alpha value is -2.97. The standard InChI is InChI=1S/C16H18N6O3/c1-16(2)5-3-4-11(16)22-12-10(7-18-22)19-15(20-13(12)23)21-8-9(6-17-21)14(24)25/h6-8,11H,3-5H2,1-2H3,(H,24,25)(H,19,20,23). The molecule has 3 aromatic rings. The second kappa shape index (κ2) is 5.27. The molecule has 1 fully saturated rings. The average molecular weight is 342 g/mol. The molecule has 0 aromatic carbocycles. The van der Waals surface area contributed by atoms with Gasteiger partial charge >= 0.3 is 5.97 Å². The predicted molar refractivity (Wildman–Crippen MR) is 87.7 cm³/mol. The van der Waals surface area contributed by atoms with Gasteiger partial charge in [-0.05, 0) is 18.3 Å². The highest BCUT2D eigenvalue weighted by Gasteiger charge is 2.37. The number of carboxylic acids is 1. The third-order valence-electron chi connectivity index (χ3n) is 4.94. The Bertz CT molecular complexity index is 974. The molecule has 0 bridgehead atoms. The van der Waals surface area contributed by atoms with Crippen LogP contribution in [0, 0.1) is 5.41 Å². The van der Waals surface area contributed by atoms with E-state index in [1.807, 2.05) is 4.68 Å². The number of nitrogens with zero attached hydrogens (tertiary/aromatic N) is 6. The minimum absolute atomic E-state index is 0.0200. The monoisotopic (exact) mass is 342 g/mol. The van der Waals surface area contributed by atoms with Crippen LogP contribution in [0.1, 0.15) is 49.5 Å². The zero-order chi connectivity index (χ0) is 17.8. The van der Waals surface area contributed by atoms with Crippen molar-refractivity contribution in [1.29, 1.82) is 0 Å². The van der Waals surface area contributed by atoms with Gasteiger partial charge in [0.1, 0.15) is 11.0 Å². The Morgan fingerprint density at radius 2 is 2.08 bits per heavy atom. The minimum atomic E-state index is -1.09. The number of carboxylic acid groups (broad SMARTS) is 1. The Labute approximate surface area is 142 Å². The second-order valence-electron chi connectivity index (χ2n) is 7.05. The highest BCUT2D eigenvalue weighted by atomic mass is 16.4. The molecule has 1 aliphatic carbocycles. The fourth-order valence-electron chi connectivity index (χ4n) is 3.58. The van der Waals surface area contributed by atoms with Crippen LogP contribution in [-0.4, -0.2) is 45.7 Å². The van der Waals surface area contributed by atoms with Crippen LogP contribution in [0.5, 0.6) is 5.88 Å². The number of hydrogen-bond acceptors (Lipinski definition) is 6. The maximum Gasteiger partial charge on any atom is 0.338 e. The van der Waals surface area contributed by atoms with Crippen molar-refractivity contribution in [2.45, 2.75) is 39.2 Å². The zero-order valence-corrected chi connectivity index (χ0v) is 13.9. The summed E-state index contributed by atoms with van der Waals surface area (Å²) in [5.41, 5.74) is 1.10. The molecule has 1 unspecified atom stereocenters. The zero-order valence-electron chi connectivity index (χ0n) is 13.9. The normalized spacial score (nSPS) is 19.5. The molecule has 9 nitrogen and oxygen atoms in total. The van der Waals surface area contributed by atoms with Crippen LogP contribution in [0.4, 0.5) is 0 Å². The van der Waals surface area contributed by atoms with Crippen LogP contribution in [0.3, 0.4) is 0 Å². The second-order valence-corrected chi connectivity index (χ2v) is 7.05. The third-order valence-corrected chi connectivity index (χ3v) is 4.94. The largest absolute Gasteiger partial charge is 0.492 e. The van der Waals surface area contributed by atoms with Gasteiger partial charge in [0.25, 0.3) is 5.95 Å². The molecule has 1 saturated carbocycles. The lowest BCUT2D eigenvalue weighted by Crippen LogP contribution is -2.22. The molecule has 130 valence electrons. The smallest absolute Gasteiger partial charge is 0.338 e. The first-order chi connectivity index (χ1) is 11.9. The number of carbonyl (C=O) groups is 1. The van der Waals surface area contributed by atoms with Crippen molar-refractivity contribution in [2.75, 3.05) is 0 Å². The topological polar surface area (TPSA) is 119 Å². The molecule has 1 aliphatic rings. The quantitative estimate of drug-likeness (QED) is 0.748. The number of hydrogen-bond donors (Lipinski definition) is 2. The highest BCUT2D eigenvalue weighted by molar-refractivity contribution is 5.87. The number of rotatable bonds is 3. The summed E-state index contributed by atoms with van der Waals surface area (Å²) in [6.45, 7) is 4.39. The molecular formula is C16H18N6O3. The van der Waals surface area contributed by atoms with Crippen molar-refractivity contribution in [3.63, 3.8) is 0 Å². The van der Waals surface area contributed by atoms with Gasteiger partial charge in [-0.15, -0.1) is 0 Å². The average Bonchev–Trinajstić information content (AvgIpc) is 3.24. The molecule has 1 atom stereocenters. The number of aromatic carboxylic acids is 1. The lowest BCUT2D eigenvalue weighted by Gasteiger charge is -2.27. The van der Waals surface area contributed by atoms with E-state index in [0.717, 1.165) is 19.3 Å². The van der Waals surface area contributed by atoms with E-state index in [1.165, 1.54) is 17.1 Å². The summed E-state index contributed by atoms with van der Waals surface area (Å²) >= 11 is 0. The summed E-state index contributed by atoms with van der Waals surface area (Å²) in [4.78, 5) is 19.4. The van der Waals surface area contributed by atoms with Crippen molar-refractivity contribution < 1.29 is 15.0 Å². The van der Waals surface area contributed by atoms with Crippen molar-refractivity contribution in [3.8, 4) is 11.8 Å². The molecule has 2 N–H and O–H groups in total. The van der Waals surface area contributed by atoms with Gasteiger partial charge in [-0.3, -0.25) is 4.68 Å². The van der Waals surface area contributed by atoms with Gasteiger partial charge in [-0.1, -0.05) is 20.3 Å². The van der Waals surface area contributed by atoms with E-state index in [4.69, 9.17) is 5.11 Å². The fourth-order valence-corrected chi connectivity index (χ4v) is 3.58. The molecule has 3 heterocycles. The van der Waals surface area contributed by atoms with Crippen LogP contribution < -0.4 is 0 Å². The van der Waals surface area contributed by atoms with Crippen molar-refractivity contribution >= 4 is 17.0 Å². The first-order valence-corrected chi connectivity index (χ1v) is 8.09. The highest BCUT2D eigenvalue weighted by Crippen LogP contribution is 2.46. The van der Waals surface area contributed by atoms with Gasteiger partial charge in [-0.25, -0.2) is 14.5 Å². The third kappa shape index (κ3) is 2.43. The lowest BCUT2D eigenvalue weighted by atomic mass is 9.87. The van der Waals surface area contributed by atoms with E-state index in [9.17, 15) is 9.90 Å². The van der Waals surface area contributed by atoms with Gasteiger partial charge in [-0.2, -0.15) is 15.2 Å². The first kappa shape index (κ1) is 15.6. The van der Waals surface area contributed by atoms with Crippen LogP contribution in [-0.2, 0) is 0 Å². The Balaban J connectivity index is 1.80. The summed E-state index contributed by atoms with van der Waals surface area (Å²) in [7, 11) is 0. The van der Waals surface area contributed by atoms with Gasteiger partial charge in [0.2, 0.25) is 5.88 Å². The molecule has 0 radical (unpaired) electrons. The van der Waals surface area contributed by atoms with Crippen molar-refractivity contribution in [2.24, 2.45) is 5.41 Å². The fraction of sp³-hybridized carbons (Fsp3) is 0.438. The van der Waals surface area contributed by atoms with E-state index < -0.39 is 5.97 Å². The maximum atomic E-state index is 11.0. The molecule has 0 spiro atoms. The molecule has 9 heteroatoms. The minimum Gasteiger partial charge on any atom is -0.492 e. The number of aromatic hydroxyl groups is 1. The van der Waals surface area contributed by atoms with Crippen LogP contribution in [0.15, 0.2) is 18.6 Å². The van der Waals surface area contributed by atoms with Gasteiger partial charge in [0.15, 0.2) is 0 Å². The summed E-state index contributed by atoms with van der Waals surface area (Å²) in [5, 5.41) is 27.8. The molecule has 0 saturated heterocycles. The van der Waals surface area contributed by atoms with Crippen LogP contribution in [0.25, 0.3) is 17.0 Å². The molecule has 0 amide bonds. The van der Waals surface area contributed by atoms with Crippen LogP contribution in [0.2, 0.25) is 0 Å². The Morgan fingerprint density at radius 1 is 1.28 bits per heavy atom. The van der Waals surface area contributed by atoms with Gasteiger partial charge in [0.05, 0.1) is 24.0 Å². The number of fused-ring (bicyclic) bond motifs is 1. The molecule has 3 aromatic heterocycles. The molecular weight excluding hydrogens is 324 g/mol. The Morgan fingerprint density at radius 3 is 2.72 bits per heavy atom. The number of aromatic nitrogens is 6. The maximum absolute atomic E-state index is 11.0. The summed E-state index contributed by atoms with van der Waals surface area (Å²) < 4.78 is 3.03. The van der Waals surface area contributed by atoms with E-state index in [-0.39, 0.29) is 28.8 Å². The van der Waals surface area contributed by atoms with E-state index in [2.05, 4.69) is 34.0 Å². The molecule has 0 aliphatic heterocycles.